The third kappa shape index (κ3) is 6.38. The van der Waals surface area contributed by atoms with Gasteiger partial charge >= 0.3 is 0 Å². The molecule has 0 unspecified atom stereocenters. The maximum atomic E-state index is 12.6. The van der Waals surface area contributed by atoms with Crippen molar-refractivity contribution in [3.05, 3.63) is 29.3 Å². The molecule has 6 nitrogen and oxygen atoms in total. The van der Waals surface area contributed by atoms with Crippen LogP contribution in [0.3, 0.4) is 0 Å². The fourth-order valence-electron chi connectivity index (χ4n) is 4.35. The van der Waals surface area contributed by atoms with Crippen molar-refractivity contribution in [2.75, 3.05) is 52.6 Å². The number of hydrogen-bond acceptors (Lipinski definition) is 4. The Morgan fingerprint density at radius 3 is 2.57 bits per heavy atom. The second-order valence-electron chi connectivity index (χ2n) is 8.32. The van der Waals surface area contributed by atoms with E-state index in [1.165, 1.54) is 28.9 Å². The number of thioether (sulfide) groups is 1. The van der Waals surface area contributed by atoms with Crippen LogP contribution in [0.1, 0.15) is 36.8 Å². The highest BCUT2D eigenvalue weighted by Gasteiger charge is 2.29. The van der Waals surface area contributed by atoms with E-state index in [4.69, 9.17) is 0 Å². The Bertz CT molecular complexity index is 724. The molecule has 1 aliphatic heterocycles. The maximum Gasteiger partial charge on any atom is 0.225 e. The molecule has 0 aromatic heterocycles. The lowest BCUT2D eigenvalue weighted by Gasteiger charge is -2.36. The van der Waals surface area contributed by atoms with E-state index in [2.05, 4.69) is 56.8 Å². The van der Waals surface area contributed by atoms with Crippen LogP contribution in [0.2, 0.25) is 0 Å². The number of guanidine groups is 1. The highest BCUT2D eigenvalue weighted by Crippen LogP contribution is 2.27. The first-order valence-corrected chi connectivity index (χ1v) is 12.4. The molecule has 1 saturated heterocycles. The van der Waals surface area contributed by atoms with Crippen molar-refractivity contribution < 1.29 is 4.79 Å². The van der Waals surface area contributed by atoms with Crippen LogP contribution in [0.4, 0.5) is 0 Å². The van der Waals surface area contributed by atoms with E-state index in [1.54, 1.807) is 11.8 Å². The summed E-state index contributed by atoms with van der Waals surface area (Å²) in [6.45, 7) is 8.37. The lowest BCUT2D eigenvalue weighted by atomic mass is 10.1. The van der Waals surface area contributed by atoms with Gasteiger partial charge in [-0.05, 0) is 43.2 Å². The van der Waals surface area contributed by atoms with Crippen LogP contribution >= 0.6 is 11.8 Å². The summed E-state index contributed by atoms with van der Waals surface area (Å²) in [6.07, 6.45) is 6.75. The molecule has 2 aliphatic rings. The van der Waals surface area contributed by atoms with E-state index in [-0.39, 0.29) is 0 Å². The molecule has 1 heterocycles. The second kappa shape index (κ2) is 11.6. The van der Waals surface area contributed by atoms with Gasteiger partial charge in [0.25, 0.3) is 0 Å². The minimum atomic E-state index is 0.299. The molecule has 30 heavy (non-hydrogen) atoms. The van der Waals surface area contributed by atoms with Gasteiger partial charge in [0.1, 0.15) is 0 Å². The first-order valence-electron chi connectivity index (χ1n) is 11.2. The van der Waals surface area contributed by atoms with Gasteiger partial charge in [-0.15, -0.1) is 11.8 Å². The summed E-state index contributed by atoms with van der Waals surface area (Å²) in [4.78, 5) is 22.8. The summed E-state index contributed by atoms with van der Waals surface area (Å²) in [6, 6.07) is 6.58. The fraction of sp³-hybridized carbons (Fsp3) is 0.652. The van der Waals surface area contributed by atoms with E-state index in [0.717, 1.165) is 64.6 Å². The average molecular weight is 432 g/mol. The molecule has 1 aliphatic carbocycles. The van der Waals surface area contributed by atoms with Crippen molar-refractivity contribution in [3.63, 3.8) is 0 Å². The second-order valence-corrected chi connectivity index (χ2v) is 9.16. The Morgan fingerprint density at radius 2 is 1.90 bits per heavy atom. The molecule has 1 amide bonds. The van der Waals surface area contributed by atoms with E-state index in [1.807, 2.05) is 7.05 Å². The van der Waals surface area contributed by atoms with Crippen molar-refractivity contribution in [1.82, 2.24) is 20.4 Å². The quantitative estimate of drug-likeness (QED) is 0.395. The average Bonchev–Trinajstić information content (AvgIpc) is 3.31. The molecule has 166 valence electrons. The van der Waals surface area contributed by atoms with Gasteiger partial charge in [-0.2, -0.15) is 0 Å². The van der Waals surface area contributed by atoms with Crippen molar-refractivity contribution in [2.45, 2.75) is 44.0 Å². The molecule has 7 heteroatoms. The first-order chi connectivity index (χ1) is 14.6. The number of amides is 1. The zero-order valence-electron chi connectivity index (χ0n) is 18.7. The predicted octanol–water partition coefficient (Wildman–Crippen LogP) is 2.72. The number of aliphatic imine (C=N–C) groups is 1. The van der Waals surface area contributed by atoms with Gasteiger partial charge in [-0.3, -0.25) is 14.7 Å². The van der Waals surface area contributed by atoms with E-state index in [9.17, 15) is 4.79 Å². The number of carbonyl (C=O) groups excluding carboxylic acids is 1. The first kappa shape index (κ1) is 22.9. The number of piperazine rings is 1. The smallest absolute Gasteiger partial charge is 0.225 e. The largest absolute Gasteiger partial charge is 0.355 e. The monoisotopic (exact) mass is 431 g/mol. The van der Waals surface area contributed by atoms with Crippen LogP contribution < -0.4 is 10.6 Å². The molecule has 0 radical (unpaired) electrons. The molecular weight excluding hydrogens is 394 g/mol. The Balaban J connectivity index is 1.36. The van der Waals surface area contributed by atoms with E-state index < -0.39 is 0 Å². The van der Waals surface area contributed by atoms with Crippen LogP contribution in [-0.2, 0) is 11.3 Å². The van der Waals surface area contributed by atoms with Gasteiger partial charge in [0.05, 0.1) is 0 Å². The topological polar surface area (TPSA) is 60.0 Å². The highest BCUT2D eigenvalue weighted by molar-refractivity contribution is 7.98. The molecule has 0 atom stereocenters. The highest BCUT2D eigenvalue weighted by atomic mass is 32.2. The third-order valence-corrected chi connectivity index (χ3v) is 7.04. The summed E-state index contributed by atoms with van der Waals surface area (Å²) >= 11 is 1.78. The van der Waals surface area contributed by atoms with E-state index in [0.29, 0.717) is 11.8 Å². The Hall–Kier alpha value is -1.73. The summed E-state index contributed by atoms with van der Waals surface area (Å²) < 4.78 is 0. The molecule has 2 fully saturated rings. The van der Waals surface area contributed by atoms with Gasteiger partial charge in [-0.1, -0.05) is 25.0 Å². The summed E-state index contributed by atoms with van der Waals surface area (Å²) in [5.74, 6) is 1.53. The van der Waals surface area contributed by atoms with E-state index >= 15 is 0 Å². The number of nitrogens with one attached hydrogen (secondary N) is 2. The number of carbonyl (C=O) groups is 1. The number of nitrogens with zero attached hydrogens (tertiary/aromatic N) is 3. The van der Waals surface area contributed by atoms with Crippen molar-refractivity contribution in [2.24, 2.45) is 10.9 Å². The van der Waals surface area contributed by atoms with Gasteiger partial charge in [0.15, 0.2) is 5.96 Å². The Labute approximate surface area is 185 Å². The van der Waals surface area contributed by atoms with Gasteiger partial charge < -0.3 is 15.5 Å². The van der Waals surface area contributed by atoms with Gasteiger partial charge in [0.2, 0.25) is 5.91 Å². The third-order valence-electron chi connectivity index (χ3n) is 6.22. The van der Waals surface area contributed by atoms with Gasteiger partial charge in [-0.25, -0.2) is 0 Å². The predicted molar refractivity (Wildman–Crippen MR) is 126 cm³/mol. The lowest BCUT2D eigenvalue weighted by molar-refractivity contribution is -0.137. The van der Waals surface area contributed by atoms with Crippen LogP contribution in [0.25, 0.3) is 0 Å². The normalized spacial score (nSPS) is 18.6. The zero-order chi connectivity index (χ0) is 21.3. The van der Waals surface area contributed by atoms with Crippen molar-refractivity contribution in [3.8, 4) is 0 Å². The summed E-state index contributed by atoms with van der Waals surface area (Å²) in [7, 11) is 1.81. The molecule has 1 aromatic carbocycles. The molecule has 0 bridgehead atoms. The molecule has 1 aromatic rings. The van der Waals surface area contributed by atoms with Crippen molar-refractivity contribution in [1.29, 1.82) is 0 Å². The zero-order valence-corrected chi connectivity index (χ0v) is 19.6. The number of hydrogen-bond donors (Lipinski definition) is 2. The van der Waals surface area contributed by atoms with Crippen LogP contribution in [0, 0.1) is 12.8 Å². The number of rotatable bonds is 7. The minimum absolute atomic E-state index is 0.299. The molecule has 2 N–H and O–H groups in total. The molecular formula is C23H37N5OS. The van der Waals surface area contributed by atoms with Crippen LogP contribution in [0.5, 0.6) is 0 Å². The minimum Gasteiger partial charge on any atom is -0.355 e. The lowest BCUT2D eigenvalue weighted by Crippen LogP contribution is -2.51. The SMILES string of the molecule is CN=C(NCCN1CCN(C(=O)C2CCCC2)CC1)NCc1ccc(C)cc1SC. The standard InChI is InChI=1S/C23H37N5OS/c1-18-8-9-20(21(16-18)30-3)17-26-23(24-2)25-10-11-27-12-14-28(15-13-27)22(29)19-6-4-5-7-19/h8-9,16,19H,4-7,10-15,17H2,1-3H3,(H2,24,25,26). The van der Waals surface area contributed by atoms with Crippen LogP contribution in [0.15, 0.2) is 28.1 Å². The summed E-state index contributed by atoms with van der Waals surface area (Å²) in [5.41, 5.74) is 2.58. The summed E-state index contributed by atoms with van der Waals surface area (Å²) in [5, 5.41) is 6.85. The number of aryl methyl sites for hydroxylation is 1. The molecule has 3 rings (SSSR count). The fourth-order valence-corrected chi connectivity index (χ4v) is 5.06. The van der Waals surface area contributed by atoms with Crippen molar-refractivity contribution >= 4 is 23.6 Å². The molecule has 1 saturated carbocycles. The molecule has 0 spiro atoms. The number of benzene rings is 1. The Kier molecular flexibility index (Phi) is 8.88. The van der Waals surface area contributed by atoms with Crippen LogP contribution in [-0.4, -0.2) is 74.2 Å². The Morgan fingerprint density at radius 1 is 1.17 bits per heavy atom. The maximum absolute atomic E-state index is 12.6. The van der Waals surface area contributed by atoms with Gasteiger partial charge in [0, 0.05) is 63.7 Å².